The van der Waals surface area contributed by atoms with Crippen LogP contribution in [-0.2, 0) is 10.9 Å². The molecule has 0 radical (unpaired) electrons. The summed E-state index contributed by atoms with van der Waals surface area (Å²) in [4.78, 5) is 11.9. The topological polar surface area (TPSA) is 67.9 Å². The molecule has 0 N–H and O–H groups in total. The molecule has 0 unspecified atom stereocenters. The maximum Gasteiger partial charge on any atom is 0.435 e. The van der Waals surface area contributed by atoms with Crippen LogP contribution in [0, 0.1) is 11.3 Å². The first-order chi connectivity index (χ1) is 11.0. The lowest BCUT2D eigenvalue weighted by Gasteiger charge is -2.18. The summed E-state index contributed by atoms with van der Waals surface area (Å²) in [5.74, 6) is 0. The van der Waals surface area contributed by atoms with Crippen molar-refractivity contribution >= 4 is 6.09 Å². The van der Waals surface area contributed by atoms with Gasteiger partial charge in [-0.05, 0) is 38.5 Å². The maximum atomic E-state index is 13.2. The number of aromatic nitrogens is 2. The molecule has 0 saturated carbocycles. The van der Waals surface area contributed by atoms with Crippen molar-refractivity contribution in [2.24, 2.45) is 0 Å². The molecule has 0 amide bonds. The zero-order chi connectivity index (χ0) is 18.1. The highest BCUT2D eigenvalue weighted by Crippen LogP contribution is 2.37. The Labute approximate surface area is 136 Å². The molecule has 1 aromatic carbocycles. The molecule has 0 aliphatic rings. The van der Waals surface area contributed by atoms with Crippen LogP contribution < -0.4 is 0 Å². The van der Waals surface area contributed by atoms with Gasteiger partial charge in [-0.2, -0.15) is 28.2 Å². The minimum atomic E-state index is -4.64. The third kappa shape index (κ3) is 3.93. The third-order valence-electron chi connectivity index (χ3n) is 2.93. The summed E-state index contributed by atoms with van der Waals surface area (Å²) in [5.41, 5.74) is -1.90. The molecule has 2 rings (SSSR count). The number of rotatable bonds is 1. The summed E-state index contributed by atoms with van der Waals surface area (Å²) < 4.78 is 45.6. The van der Waals surface area contributed by atoms with Gasteiger partial charge in [-0.25, -0.2) is 4.79 Å². The van der Waals surface area contributed by atoms with Crippen molar-refractivity contribution in [3.8, 4) is 17.2 Å². The quantitative estimate of drug-likeness (QED) is 0.781. The van der Waals surface area contributed by atoms with Crippen molar-refractivity contribution in [2.45, 2.75) is 32.5 Å². The van der Waals surface area contributed by atoms with Crippen molar-refractivity contribution in [1.29, 1.82) is 5.26 Å². The summed E-state index contributed by atoms with van der Waals surface area (Å²) in [6.07, 6.45) is -3.14. The molecular formula is C16H14F3N3O2. The molecule has 8 heteroatoms. The molecule has 0 spiro atoms. The van der Waals surface area contributed by atoms with Crippen LogP contribution >= 0.6 is 0 Å². The van der Waals surface area contributed by atoms with E-state index in [2.05, 4.69) is 5.10 Å². The molecular weight excluding hydrogens is 323 g/mol. The summed E-state index contributed by atoms with van der Waals surface area (Å²) >= 11 is 0. The van der Waals surface area contributed by atoms with Gasteiger partial charge in [-0.1, -0.05) is 6.07 Å². The number of halogens is 3. The summed E-state index contributed by atoms with van der Waals surface area (Å²) in [6.45, 7) is 4.99. The average Bonchev–Trinajstić information content (AvgIpc) is 2.93. The van der Waals surface area contributed by atoms with E-state index in [1.54, 1.807) is 26.8 Å². The van der Waals surface area contributed by atoms with E-state index in [0.717, 1.165) is 23.1 Å². The molecule has 2 aromatic rings. The third-order valence-corrected chi connectivity index (χ3v) is 2.93. The van der Waals surface area contributed by atoms with Gasteiger partial charge in [0.1, 0.15) is 5.60 Å². The van der Waals surface area contributed by atoms with Crippen molar-refractivity contribution in [2.75, 3.05) is 0 Å². The van der Waals surface area contributed by atoms with Gasteiger partial charge in [0.05, 0.1) is 23.4 Å². The lowest BCUT2D eigenvalue weighted by molar-refractivity contribution is -0.137. The van der Waals surface area contributed by atoms with Crippen LogP contribution in [-0.4, -0.2) is 21.5 Å². The van der Waals surface area contributed by atoms with Gasteiger partial charge in [0.15, 0.2) is 0 Å². The van der Waals surface area contributed by atoms with Crippen molar-refractivity contribution in [1.82, 2.24) is 9.78 Å². The monoisotopic (exact) mass is 337 g/mol. The first-order valence-electron chi connectivity index (χ1n) is 6.91. The number of nitriles is 1. The van der Waals surface area contributed by atoms with Crippen LogP contribution in [0.15, 0.2) is 30.6 Å². The standard InChI is InChI=1S/C16H14F3N3O2/c1-15(2,3)24-14(23)22-9-11(8-21-22)12-5-4-10(7-20)6-13(12)16(17,18)19/h4-6,8-9H,1-3H3. The van der Waals surface area contributed by atoms with Gasteiger partial charge in [-0.15, -0.1) is 0 Å². The molecule has 1 heterocycles. The van der Waals surface area contributed by atoms with Gasteiger partial charge < -0.3 is 4.74 Å². The minimum absolute atomic E-state index is 0.0951. The minimum Gasteiger partial charge on any atom is -0.442 e. The summed E-state index contributed by atoms with van der Waals surface area (Å²) in [6, 6.07) is 4.89. The Bertz CT molecular complexity index is 811. The SMILES string of the molecule is CC(C)(C)OC(=O)n1cc(-c2ccc(C#N)cc2C(F)(F)F)cn1. The number of benzene rings is 1. The lowest BCUT2D eigenvalue weighted by atomic mass is 10.00. The van der Waals surface area contributed by atoms with E-state index in [0.29, 0.717) is 0 Å². The highest BCUT2D eigenvalue weighted by atomic mass is 19.4. The fourth-order valence-electron chi connectivity index (χ4n) is 1.97. The molecule has 0 bridgehead atoms. The van der Waals surface area contributed by atoms with Crippen molar-refractivity contribution in [3.63, 3.8) is 0 Å². The Balaban J connectivity index is 2.44. The number of hydrogen-bond donors (Lipinski definition) is 0. The van der Waals surface area contributed by atoms with Crippen LogP contribution in [0.2, 0.25) is 0 Å². The molecule has 1 aromatic heterocycles. The van der Waals surface area contributed by atoms with Gasteiger partial charge in [0.25, 0.3) is 0 Å². The fourth-order valence-corrected chi connectivity index (χ4v) is 1.97. The lowest BCUT2D eigenvalue weighted by Crippen LogP contribution is -2.27. The second-order valence-electron chi connectivity index (χ2n) is 6.02. The first kappa shape index (κ1) is 17.5. The van der Waals surface area contributed by atoms with E-state index in [1.165, 1.54) is 12.1 Å². The number of carbonyl (C=O) groups excluding carboxylic acids is 1. The predicted molar refractivity (Wildman–Crippen MR) is 79.0 cm³/mol. The Morgan fingerprint density at radius 3 is 2.50 bits per heavy atom. The van der Waals surface area contributed by atoms with Crippen LogP contribution in [0.3, 0.4) is 0 Å². The van der Waals surface area contributed by atoms with Crippen molar-refractivity contribution < 1.29 is 22.7 Å². The molecule has 5 nitrogen and oxygen atoms in total. The van der Waals surface area contributed by atoms with Gasteiger partial charge in [0.2, 0.25) is 0 Å². The molecule has 0 aliphatic carbocycles. The molecule has 126 valence electrons. The van der Waals surface area contributed by atoms with Crippen LogP contribution in [0.25, 0.3) is 11.1 Å². The average molecular weight is 337 g/mol. The van der Waals surface area contributed by atoms with Crippen LogP contribution in [0.1, 0.15) is 31.9 Å². The number of nitrogens with zero attached hydrogens (tertiary/aromatic N) is 3. The number of carbonyl (C=O) groups is 1. The predicted octanol–water partition coefficient (Wildman–Crippen LogP) is 4.22. The molecule has 0 atom stereocenters. The Morgan fingerprint density at radius 2 is 1.96 bits per heavy atom. The van der Waals surface area contributed by atoms with Gasteiger partial charge in [-0.3, -0.25) is 0 Å². The summed E-state index contributed by atoms with van der Waals surface area (Å²) in [5, 5.41) is 12.5. The second-order valence-corrected chi connectivity index (χ2v) is 6.02. The molecule has 0 saturated heterocycles. The highest BCUT2D eigenvalue weighted by Gasteiger charge is 2.34. The smallest absolute Gasteiger partial charge is 0.435 e. The fraction of sp³-hybridized carbons (Fsp3) is 0.312. The van der Waals surface area contributed by atoms with E-state index in [-0.39, 0.29) is 16.7 Å². The number of alkyl halides is 3. The Morgan fingerprint density at radius 1 is 1.29 bits per heavy atom. The summed E-state index contributed by atoms with van der Waals surface area (Å²) in [7, 11) is 0. The normalized spacial score (nSPS) is 11.9. The first-order valence-corrected chi connectivity index (χ1v) is 6.91. The number of ether oxygens (including phenoxy) is 1. The second kappa shape index (κ2) is 6.00. The van der Waals surface area contributed by atoms with Crippen LogP contribution in [0.5, 0.6) is 0 Å². The van der Waals surface area contributed by atoms with E-state index >= 15 is 0 Å². The van der Waals surface area contributed by atoms with E-state index < -0.39 is 23.4 Å². The largest absolute Gasteiger partial charge is 0.442 e. The highest BCUT2D eigenvalue weighted by molar-refractivity contribution is 5.74. The molecule has 0 aliphatic heterocycles. The van der Waals surface area contributed by atoms with Crippen LogP contribution in [0.4, 0.5) is 18.0 Å². The number of hydrogen-bond acceptors (Lipinski definition) is 4. The zero-order valence-electron chi connectivity index (χ0n) is 13.2. The van der Waals surface area contributed by atoms with Gasteiger partial charge in [0, 0.05) is 11.8 Å². The van der Waals surface area contributed by atoms with E-state index in [9.17, 15) is 18.0 Å². The van der Waals surface area contributed by atoms with Gasteiger partial charge >= 0.3 is 12.3 Å². The van der Waals surface area contributed by atoms with E-state index in [4.69, 9.17) is 10.00 Å². The molecule has 24 heavy (non-hydrogen) atoms. The molecule has 0 fully saturated rings. The zero-order valence-corrected chi connectivity index (χ0v) is 13.2. The Kier molecular flexibility index (Phi) is 4.38. The van der Waals surface area contributed by atoms with E-state index in [1.807, 2.05) is 0 Å². The maximum absolute atomic E-state index is 13.2. The van der Waals surface area contributed by atoms with Crippen molar-refractivity contribution in [3.05, 3.63) is 41.7 Å². The Hall–Kier alpha value is -2.82.